The minimum atomic E-state index is -0.0818. The fraction of sp³-hybridized carbons (Fsp3) is 0.500. The van der Waals surface area contributed by atoms with Crippen LogP contribution in [0.1, 0.15) is 37.3 Å². The Morgan fingerprint density at radius 1 is 1.12 bits per heavy atom. The van der Waals surface area contributed by atoms with Crippen molar-refractivity contribution >= 4 is 6.03 Å². The number of benzene rings is 1. The standard InChI is InChI=1S/C14H22N2O/c1-3-4-5-10-15-14(17)16-11-13-8-6-12(2)7-9-13/h6-9H,3-5,10-11H2,1-2H3,(H2,15,16,17). The number of hydrogen-bond acceptors (Lipinski definition) is 1. The van der Waals surface area contributed by atoms with Gasteiger partial charge in [-0.2, -0.15) is 0 Å². The van der Waals surface area contributed by atoms with Gasteiger partial charge in [-0.3, -0.25) is 0 Å². The number of nitrogens with one attached hydrogen (secondary N) is 2. The first-order valence-electron chi connectivity index (χ1n) is 6.29. The molecule has 17 heavy (non-hydrogen) atoms. The number of carbonyl (C=O) groups is 1. The van der Waals surface area contributed by atoms with Crippen molar-refractivity contribution in [2.24, 2.45) is 0 Å². The Bertz CT molecular complexity index is 333. The van der Waals surface area contributed by atoms with Gasteiger partial charge in [0.25, 0.3) is 0 Å². The summed E-state index contributed by atoms with van der Waals surface area (Å²) < 4.78 is 0. The smallest absolute Gasteiger partial charge is 0.315 e. The van der Waals surface area contributed by atoms with E-state index in [4.69, 9.17) is 0 Å². The van der Waals surface area contributed by atoms with Crippen LogP contribution in [0.4, 0.5) is 4.79 Å². The van der Waals surface area contributed by atoms with Gasteiger partial charge in [-0.25, -0.2) is 4.79 Å². The SMILES string of the molecule is CCCCCNC(=O)NCc1ccc(C)cc1. The summed E-state index contributed by atoms with van der Waals surface area (Å²) in [7, 11) is 0. The molecule has 2 amide bonds. The zero-order chi connectivity index (χ0) is 12.5. The van der Waals surface area contributed by atoms with E-state index in [1.54, 1.807) is 0 Å². The molecule has 94 valence electrons. The van der Waals surface area contributed by atoms with Crippen molar-refractivity contribution in [1.82, 2.24) is 10.6 Å². The van der Waals surface area contributed by atoms with Gasteiger partial charge in [-0.05, 0) is 18.9 Å². The molecule has 0 bridgehead atoms. The highest BCUT2D eigenvalue weighted by molar-refractivity contribution is 5.73. The molecule has 0 fully saturated rings. The number of carbonyl (C=O) groups excluding carboxylic acids is 1. The van der Waals surface area contributed by atoms with E-state index in [0.717, 1.165) is 24.9 Å². The minimum absolute atomic E-state index is 0.0818. The van der Waals surface area contributed by atoms with E-state index in [1.165, 1.54) is 12.0 Å². The largest absolute Gasteiger partial charge is 0.338 e. The molecule has 0 aromatic heterocycles. The lowest BCUT2D eigenvalue weighted by Gasteiger charge is -2.07. The van der Waals surface area contributed by atoms with Gasteiger partial charge in [0.1, 0.15) is 0 Å². The van der Waals surface area contributed by atoms with Crippen LogP contribution in [0.25, 0.3) is 0 Å². The van der Waals surface area contributed by atoms with Crippen LogP contribution in [0.15, 0.2) is 24.3 Å². The highest BCUT2D eigenvalue weighted by atomic mass is 16.2. The maximum absolute atomic E-state index is 11.4. The summed E-state index contributed by atoms with van der Waals surface area (Å²) in [6.07, 6.45) is 3.39. The van der Waals surface area contributed by atoms with E-state index in [-0.39, 0.29) is 6.03 Å². The van der Waals surface area contributed by atoms with Crippen molar-refractivity contribution < 1.29 is 4.79 Å². The van der Waals surface area contributed by atoms with Crippen molar-refractivity contribution in [3.8, 4) is 0 Å². The quantitative estimate of drug-likeness (QED) is 0.730. The highest BCUT2D eigenvalue weighted by Gasteiger charge is 1.99. The zero-order valence-corrected chi connectivity index (χ0v) is 10.8. The van der Waals surface area contributed by atoms with Gasteiger partial charge in [0.2, 0.25) is 0 Å². The molecule has 2 N–H and O–H groups in total. The lowest BCUT2D eigenvalue weighted by atomic mass is 10.1. The third-order valence-electron chi connectivity index (χ3n) is 2.64. The average molecular weight is 234 g/mol. The van der Waals surface area contributed by atoms with Gasteiger partial charge in [0.15, 0.2) is 0 Å². The number of amides is 2. The molecule has 0 atom stereocenters. The van der Waals surface area contributed by atoms with Gasteiger partial charge < -0.3 is 10.6 Å². The molecule has 0 spiro atoms. The zero-order valence-electron chi connectivity index (χ0n) is 10.8. The number of hydrogen-bond donors (Lipinski definition) is 2. The monoisotopic (exact) mass is 234 g/mol. The minimum Gasteiger partial charge on any atom is -0.338 e. The molecule has 0 aliphatic heterocycles. The summed E-state index contributed by atoms with van der Waals surface area (Å²) >= 11 is 0. The van der Waals surface area contributed by atoms with Crippen LogP contribution >= 0.6 is 0 Å². The summed E-state index contributed by atoms with van der Waals surface area (Å²) in [5, 5.41) is 5.69. The third kappa shape index (κ3) is 5.95. The van der Waals surface area contributed by atoms with Crippen molar-refractivity contribution in [2.75, 3.05) is 6.54 Å². The van der Waals surface area contributed by atoms with Crippen LogP contribution in [0.2, 0.25) is 0 Å². The van der Waals surface area contributed by atoms with Crippen molar-refractivity contribution in [1.29, 1.82) is 0 Å². The molecule has 1 aromatic carbocycles. The van der Waals surface area contributed by atoms with E-state index in [0.29, 0.717) is 6.54 Å². The van der Waals surface area contributed by atoms with Crippen LogP contribution in [-0.4, -0.2) is 12.6 Å². The molecule has 0 unspecified atom stereocenters. The third-order valence-corrected chi connectivity index (χ3v) is 2.64. The molecule has 3 nitrogen and oxygen atoms in total. The molecule has 0 radical (unpaired) electrons. The normalized spacial score (nSPS) is 10.0. The summed E-state index contributed by atoms with van der Waals surface area (Å²) in [6, 6.07) is 8.09. The average Bonchev–Trinajstić information content (AvgIpc) is 2.34. The first kappa shape index (κ1) is 13.6. The summed E-state index contributed by atoms with van der Waals surface area (Å²) in [5.74, 6) is 0. The number of aryl methyl sites for hydroxylation is 1. The van der Waals surface area contributed by atoms with E-state index >= 15 is 0 Å². The van der Waals surface area contributed by atoms with Crippen molar-refractivity contribution in [3.63, 3.8) is 0 Å². The van der Waals surface area contributed by atoms with Crippen LogP contribution < -0.4 is 10.6 Å². The van der Waals surface area contributed by atoms with Gasteiger partial charge in [0.05, 0.1) is 0 Å². The predicted molar refractivity (Wildman–Crippen MR) is 70.9 cm³/mol. The number of rotatable bonds is 6. The molecule has 0 aliphatic rings. The molecule has 0 saturated carbocycles. The van der Waals surface area contributed by atoms with Crippen LogP contribution in [0.5, 0.6) is 0 Å². The molecular formula is C14H22N2O. The second-order valence-electron chi connectivity index (χ2n) is 4.30. The Morgan fingerprint density at radius 2 is 1.82 bits per heavy atom. The molecule has 0 heterocycles. The van der Waals surface area contributed by atoms with Crippen LogP contribution in [0.3, 0.4) is 0 Å². The van der Waals surface area contributed by atoms with E-state index in [1.807, 2.05) is 12.1 Å². The second kappa shape index (κ2) is 7.71. The highest BCUT2D eigenvalue weighted by Crippen LogP contribution is 2.02. The lowest BCUT2D eigenvalue weighted by molar-refractivity contribution is 0.240. The van der Waals surface area contributed by atoms with E-state index < -0.39 is 0 Å². The number of unbranched alkanes of at least 4 members (excludes halogenated alkanes) is 2. The van der Waals surface area contributed by atoms with E-state index in [9.17, 15) is 4.79 Å². The van der Waals surface area contributed by atoms with E-state index in [2.05, 4.69) is 36.6 Å². The maximum Gasteiger partial charge on any atom is 0.315 e. The fourth-order valence-corrected chi connectivity index (χ4v) is 1.53. The predicted octanol–water partition coefficient (Wildman–Crippen LogP) is 2.98. The molecule has 1 rings (SSSR count). The second-order valence-corrected chi connectivity index (χ2v) is 4.30. The van der Waals surface area contributed by atoms with Crippen LogP contribution in [-0.2, 0) is 6.54 Å². The topological polar surface area (TPSA) is 41.1 Å². The van der Waals surface area contributed by atoms with Gasteiger partial charge in [-0.15, -0.1) is 0 Å². The first-order valence-corrected chi connectivity index (χ1v) is 6.29. The van der Waals surface area contributed by atoms with Gasteiger partial charge in [0, 0.05) is 13.1 Å². The molecule has 1 aromatic rings. The summed E-state index contributed by atoms with van der Waals surface area (Å²) in [6.45, 7) is 5.54. The molecule has 0 saturated heterocycles. The Labute approximate surface area is 104 Å². The van der Waals surface area contributed by atoms with Crippen molar-refractivity contribution in [2.45, 2.75) is 39.7 Å². The maximum atomic E-state index is 11.4. The Balaban J connectivity index is 2.17. The van der Waals surface area contributed by atoms with Gasteiger partial charge in [-0.1, -0.05) is 49.6 Å². The van der Waals surface area contributed by atoms with Crippen molar-refractivity contribution in [3.05, 3.63) is 35.4 Å². The number of urea groups is 1. The fourth-order valence-electron chi connectivity index (χ4n) is 1.53. The summed E-state index contributed by atoms with van der Waals surface area (Å²) in [5.41, 5.74) is 2.36. The van der Waals surface area contributed by atoms with Crippen LogP contribution in [0, 0.1) is 6.92 Å². The lowest BCUT2D eigenvalue weighted by Crippen LogP contribution is -2.35. The van der Waals surface area contributed by atoms with Gasteiger partial charge >= 0.3 is 6.03 Å². The summed E-state index contributed by atoms with van der Waals surface area (Å²) in [4.78, 5) is 11.4. The first-order chi connectivity index (χ1) is 8.22. The molecule has 0 aliphatic carbocycles. The molecular weight excluding hydrogens is 212 g/mol. The Morgan fingerprint density at radius 3 is 2.47 bits per heavy atom. The Kier molecular flexibility index (Phi) is 6.15. The Hall–Kier alpha value is -1.51. The molecule has 3 heteroatoms.